The minimum Gasteiger partial charge on any atom is -0.494 e. The van der Waals surface area contributed by atoms with Crippen molar-refractivity contribution in [2.75, 3.05) is 6.61 Å². The number of unbranched alkanes of at least 4 members (excludes halogenated alkanes) is 1. The highest BCUT2D eigenvalue weighted by Crippen LogP contribution is 2.22. The number of hydrogen-bond acceptors (Lipinski definition) is 5. The highest BCUT2D eigenvalue weighted by atomic mass is 32.1. The number of rotatable bonds is 6. The molecule has 3 rings (SSSR count). The van der Waals surface area contributed by atoms with Crippen molar-refractivity contribution in [3.8, 4) is 5.75 Å². The minimum atomic E-state index is -0.420. The highest BCUT2D eigenvalue weighted by molar-refractivity contribution is 7.12. The Hall–Kier alpha value is -2.40. The SMILES string of the molecule is CCCCOc1ccc(/C=C2/N=C(c3cccs3)OC2=O)cc1. The van der Waals surface area contributed by atoms with Gasteiger partial charge in [0.2, 0.25) is 5.90 Å². The van der Waals surface area contributed by atoms with Gasteiger partial charge in [-0.1, -0.05) is 31.5 Å². The standard InChI is InChI=1S/C18H17NO3S/c1-2-3-10-21-14-8-6-13(7-9-14)12-15-18(20)22-17(19-15)16-5-4-11-23-16/h4-9,11-12H,2-3,10H2,1H3/b15-12+. The van der Waals surface area contributed by atoms with Crippen LogP contribution in [0.4, 0.5) is 0 Å². The number of cyclic esters (lactones) is 1. The van der Waals surface area contributed by atoms with Crippen LogP contribution >= 0.6 is 11.3 Å². The lowest BCUT2D eigenvalue weighted by Crippen LogP contribution is -2.03. The van der Waals surface area contributed by atoms with Gasteiger partial charge in [0, 0.05) is 0 Å². The molecule has 0 amide bonds. The number of hydrogen-bond donors (Lipinski definition) is 0. The Morgan fingerprint density at radius 2 is 2.09 bits per heavy atom. The van der Waals surface area contributed by atoms with E-state index in [0.717, 1.165) is 35.6 Å². The molecule has 118 valence electrons. The molecular formula is C18H17NO3S. The van der Waals surface area contributed by atoms with Crippen LogP contribution in [0.5, 0.6) is 5.75 Å². The van der Waals surface area contributed by atoms with Gasteiger partial charge in [-0.2, -0.15) is 0 Å². The van der Waals surface area contributed by atoms with Crippen LogP contribution in [0.15, 0.2) is 52.5 Å². The summed E-state index contributed by atoms with van der Waals surface area (Å²) in [6.07, 6.45) is 3.87. The molecule has 0 bridgehead atoms. The number of carbonyl (C=O) groups is 1. The molecule has 0 fully saturated rings. The molecule has 2 heterocycles. The zero-order valence-corrected chi connectivity index (χ0v) is 13.6. The van der Waals surface area contributed by atoms with E-state index < -0.39 is 5.97 Å². The van der Waals surface area contributed by atoms with E-state index in [-0.39, 0.29) is 0 Å². The number of ether oxygens (including phenoxy) is 2. The first kappa shape index (κ1) is 15.5. The van der Waals surface area contributed by atoms with Crippen LogP contribution < -0.4 is 4.74 Å². The summed E-state index contributed by atoms with van der Waals surface area (Å²) in [5.41, 5.74) is 1.20. The average Bonchev–Trinajstić information content (AvgIpc) is 3.20. The van der Waals surface area contributed by atoms with Crippen LogP contribution in [0.2, 0.25) is 0 Å². The number of nitrogens with zero attached hydrogens (tertiary/aromatic N) is 1. The summed E-state index contributed by atoms with van der Waals surface area (Å²) >= 11 is 1.49. The van der Waals surface area contributed by atoms with Crippen LogP contribution in [0.25, 0.3) is 6.08 Å². The van der Waals surface area contributed by atoms with Gasteiger partial charge >= 0.3 is 5.97 Å². The molecule has 1 aliphatic heterocycles. The Morgan fingerprint density at radius 1 is 1.26 bits per heavy atom. The Balaban J connectivity index is 1.72. The second kappa shape index (κ2) is 7.24. The van der Waals surface area contributed by atoms with E-state index in [2.05, 4.69) is 11.9 Å². The summed E-state index contributed by atoms with van der Waals surface area (Å²) in [4.78, 5) is 17.0. The molecule has 0 saturated carbocycles. The quantitative estimate of drug-likeness (QED) is 0.452. The van der Waals surface area contributed by atoms with Gasteiger partial charge in [-0.15, -0.1) is 11.3 Å². The Labute approximate surface area is 139 Å². The molecule has 1 aliphatic rings. The predicted octanol–water partition coefficient (Wildman–Crippen LogP) is 4.27. The number of carbonyl (C=O) groups excluding carboxylic acids is 1. The normalized spacial score (nSPS) is 15.6. The van der Waals surface area contributed by atoms with E-state index in [4.69, 9.17) is 9.47 Å². The number of aliphatic imine (C=N–C) groups is 1. The molecule has 0 aliphatic carbocycles. The molecule has 0 saturated heterocycles. The third-order valence-corrected chi connectivity index (χ3v) is 4.16. The van der Waals surface area contributed by atoms with Crippen LogP contribution in [0, 0.1) is 0 Å². The number of benzene rings is 1. The first-order valence-corrected chi connectivity index (χ1v) is 8.43. The fourth-order valence-corrected chi connectivity index (χ4v) is 2.72. The van der Waals surface area contributed by atoms with Crippen molar-refractivity contribution < 1.29 is 14.3 Å². The van der Waals surface area contributed by atoms with Crippen LogP contribution in [-0.2, 0) is 9.53 Å². The first-order chi connectivity index (χ1) is 11.3. The van der Waals surface area contributed by atoms with E-state index in [1.165, 1.54) is 11.3 Å². The number of esters is 1. The smallest absolute Gasteiger partial charge is 0.363 e. The summed E-state index contributed by atoms with van der Waals surface area (Å²) in [7, 11) is 0. The highest BCUT2D eigenvalue weighted by Gasteiger charge is 2.24. The molecule has 4 nitrogen and oxygen atoms in total. The molecule has 1 aromatic carbocycles. The topological polar surface area (TPSA) is 47.9 Å². The largest absolute Gasteiger partial charge is 0.494 e. The van der Waals surface area contributed by atoms with Crippen LogP contribution in [0.1, 0.15) is 30.2 Å². The van der Waals surface area contributed by atoms with Gasteiger partial charge in [-0.05, 0) is 41.6 Å². The van der Waals surface area contributed by atoms with Gasteiger partial charge < -0.3 is 9.47 Å². The van der Waals surface area contributed by atoms with Crippen LogP contribution in [0.3, 0.4) is 0 Å². The monoisotopic (exact) mass is 327 g/mol. The third-order valence-electron chi connectivity index (χ3n) is 3.30. The van der Waals surface area contributed by atoms with E-state index in [0.29, 0.717) is 11.6 Å². The molecule has 23 heavy (non-hydrogen) atoms. The van der Waals surface area contributed by atoms with E-state index in [1.807, 2.05) is 41.8 Å². The fraction of sp³-hybridized carbons (Fsp3) is 0.222. The average molecular weight is 327 g/mol. The number of thiophene rings is 1. The van der Waals surface area contributed by atoms with Crippen molar-refractivity contribution in [2.45, 2.75) is 19.8 Å². The second-order valence-corrected chi connectivity index (χ2v) is 6.03. The minimum absolute atomic E-state index is 0.313. The molecule has 1 aromatic heterocycles. The van der Waals surface area contributed by atoms with E-state index in [9.17, 15) is 4.79 Å². The molecule has 5 heteroatoms. The third kappa shape index (κ3) is 3.87. The Bertz CT molecular complexity index is 730. The lowest BCUT2D eigenvalue weighted by Gasteiger charge is -2.05. The van der Waals surface area contributed by atoms with E-state index in [1.54, 1.807) is 6.08 Å². The maximum Gasteiger partial charge on any atom is 0.363 e. The second-order valence-electron chi connectivity index (χ2n) is 5.08. The van der Waals surface area contributed by atoms with Crippen LogP contribution in [-0.4, -0.2) is 18.5 Å². The predicted molar refractivity (Wildman–Crippen MR) is 91.8 cm³/mol. The molecule has 0 unspecified atom stereocenters. The summed E-state index contributed by atoms with van der Waals surface area (Å²) in [6.45, 7) is 2.85. The Kier molecular flexibility index (Phi) is 4.88. The van der Waals surface area contributed by atoms with Crippen molar-refractivity contribution in [1.82, 2.24) is 0 Å². The summed E-state index contributed by atoms with van der Waals surface area (Å²) in [5.74, 6) is 0.782. The maximum atomic E-state index is 11.9. The fourth-order valence-electron chi connectivity index (χ4n) is 2.07. The molecule has 0 N–H and O–H groups in total. The molecule has 2 aromatic rings. The molecule has 0 radical (unpaired) electrons. The van der Waals surface area contributed by atoms with Crippen molar-refractivity contribution in [3.63, 3.8) is 0 Å². The van der Waals surface area contributed by atoms with E-state index >= 15 is 0 Å². The maximum absolute atomic E-state index is 11.9. The summed E-state index contributed by atoms with van der Waals surface area (Å²) < 4.78 is 10.8. The van der Waals surface area contributed by atoms with Crippen molar-refractivity contribution in [1.29, 1.82) is 0 Å². The van der Waals surface area contributed by atoms with Crippen molar-refractivity contribution in [2.24, 2.45) is 4.99 Å². The molecule has 0 spiro atoms. The van der Waals surface area contributed by atoms with Crippen molar-refractivity contribution in [3.05, 3.63) is 57.9 Å². The first-order valence-electron chi connectivity index (χ1n) is 7.55. The lowest BCUT2D eigenvalue weighted by atomic mass is 10.2. The van der Waals surface area contributed by atoms with Crippen molar-refractivity contribution >= 4 is 29.3 Å². The molecule has 0 atom stereocenters. The summed E-state index contributed by atoms with van der Waals surface area (Å²) in [6, 6.07) is 11.4. The Morgan fingerprint density at radius 3 is 2.78 bits per heavy atom. The van der Waals surface area contributed by atoms with Gasteiger partial charge in [-0.25, -0.2) is 9.79 Å². The van der Waals surface area contributed by atoms with Gasteiger partial charge in [0.15, 0.2) is 5.70 Å². The molecular weight excluding hydrogens is 310 g/mol. The lowest BCUT2D eigenvalue weighted by molar-refractivity contribution is -0.129. The van der Waals surface area contributed by atoms with Gasteiger partial charge in [0.25, 0.3) is 0 Å². The van der Waals surface area contributed by atoms with Gasteiger partial charge in [0.1, 0.15) is 5.75 Å². The van der Waals surface area contributed by atoms with Gasteiger partial charge in [-0.3, -0.25) is 0 Å². The summed E-state index contributed by atoms with van der Waals surface area (Å²) in [5, 5.41) is 1.92. The zero-order chi connectivity index (χ0) is 16.1. The zero-order valence-electron chi connectivity index (χ0n) is 12.8. The van der Waals surface area contributed by atoms with Gasteiger partial charge in [0.05, 0.1) is 11.5 Å².